The molecule has 3 nitrogen and oxygen atoms in total. The van der Waals surface area contributed by atoms with Gasteiger partial charge in [0.1, 0.15) is 0 Å². The van der Waals surface area contributed by atoms with Crippen LogP contribution in [0.2, 0.25) is 10.0 Å². The summed E-state index contributed by atoms with van der Waals surface area (Å²) in [6.07, 6.45) is 0. The van der Waals surface area contributed by atoms with Crippen LogP contribution in [-0.2, 0) is 4.79 Å². The second-order valence-electron chi connectivity index (χ2n) is 4.46. The number of hydrogen-bond acceptors (Lipinski definition) is 2. The van der Waals surface area contributed by atoms with Gasteiger partial charge in [0.25, 0.3) is 0 Å². The van der Waals surface area contributed by atoms with E-state index in [1.807, 2.05) is 25.1 Å². The molecule has 0 heterocycles. The number of amides is 1. The molecule has 0 aliphatic carbocycles. The van der Waals surface area contributed by atoms with E-state index in [-0.39, 0.29) is 12.5 Å². The minimum Gasteiger partial charge on any atom is -0.375 e. The lowest BCUT2D eigenvalue weighted by molar-refractivity contribution is -0.114. The molecule has 0 unspecified atom stereocenters. The Bertz CT molecular complexity index is 677. The van der Waals surface area contributed by atoms with Crippen LogP contribution in [0, 0.1) is 6.92 Å². The number of carbonyl (C=O) groups is 1. The van der Waals surface area contributed by atoms with E-state index in [1.54, 1.807) is 18.2 Å². The molecule has 0 aliphatic rings. The number of nitrogens with one attached hydrogen (secondary N) is 2. The quantitative estimate of drug-likeness (QED) is 0.764. The fourth-order valence-corrected chi connectivity index (χ4v) is 2.66. The Morgan fingerprint density at radius 2 is 1.86 bits per heavy atom. The summed E-state index contributed by atoms with van der Waals surface area (Å²) in [7, 11) is 0. The van der Waals surface area contributed by atoms with Gasteiger partial charge in [0.05, 0.1) is 22.9 Å². The van der Waals surface area contributed by atoms with Crippen LogP contribution in [0.1, 0.15) is 5.56 Å². The van der Waals surface area contributed by atoms with E-state index in [4.69, 9.17) is 23.2 Å². The molecule has 2 N–H and O–H groups in total. The van der Waals surface area contributed by atoms with Crippen LogP contribution in [0.15, 0.2) is 40.9 Å². The van der Waals surface area contributed by atoms with Gasteiger partial charge >= 0.3 is 0 Å². The highest BCUT2D eigenvalue weighted by atomic mass is 79.9. The van der Waals surface area contributed by atoms with Crippen LogP contribution in [0.5, 0.6) is 0 Å². The third kappa shape index (κ3) is 4.37. The normalized spacial score (nSPS) is 10.3. The van der Waals surface area contributed by atoms with Crippen molar-refractivity contribution in [3.05, 3.63) is 56.5 Å². The number of aryl methyl sites for hydroxylation is 1. The Hall–Kier alpha value is -1.23. The van der Waals surface area contributed by atoms with Crippen LogP contribution in [0.4, 0.5) is 11.4 Å². The molecule has 6 heteroatoms. The average Bonchev–Trinajstić information content (AvgIpc) is 2.44. The molecule has 0 saturated heterocycles. The highest BCUT2D eigenvalue weighted by Gasteiger charge is 2.08. The van der Waals surface area contributed by atoms with Crippen molar-refractivity contribution in [2.24, 2.45) is 0 Å². The molecule has 2 rings (SSSR count). The average molecular weight is 388 g/mol. The van der Waals surface area contributed by atoms with Gasteiger partial charge < -0.3 is 10.6 Å². The maximum absolute atomic E-state index is 11.9. The number of benzene rings is 2. The molecule has 0 fully saturated rings. The van der Waals surface area contributed by atoms with Crippen molar-refractivity contribution in [2.45, 2.75) is 6.92 Å². The minimum atomic E-state index is -0.188. The topological polar surface area (TPSA) is 41.1 Å². The summed E-state index contributed by atoms with van der Waals surface area (Å²) in [4.78, 5) is 11.9. The molecule has 2 aromatic rings. The SMILES string of the molecule is Cc1cc(Br)c(NCC(=O)Nc2ccccc2Cl)cc1Cl. The van der Waals surface area contributed by atoms with Crippen molar-refractivity contribution in [1.29, 1.82) is 0 Å². The van der Waals surface area contributed by atoms with E-state index in [1.165, 1.54) is 0 Å². The van der Waals surface area contributed by atoms with Crippen molar-refractivity contribution < 1.29 is 4.79 Å². The smallest absolute Gasteiger partial charge is 0.243 e. The van der Waals surface area contributed by atoms with E-state index in [9.17, 15) is 4.79 Å². The van der Waals surface area contributed by atoms with Gasteiger partial charge in [-0.25, -0.2) is 0 Å². The monoisotopic (exact) mass is 386 g/mol. The molecule has 0 saturated carbocycles. The number of hydrogen-bond donors (Lipinski definition) is 2. The molecule has 0 radical (unpaired) electrons. The number of halogens is 3. The molecule has 110 valence electrons. The van der Waals surface area contributed by atoms with E-state index in [2.05, 4.69) is 26.6 Å². The summed E-state index contributed by atoms with van der Waals surface area (Å²) in [5, 5.41) is 6.93. The Morgan fingerprint density at radius 3 is 2.57 bits per heavy atom. The van der Waals surface area contributed by atoms with E-state index < -0.39 is 0 Å². The molecule has 1 amide bonds. The van der Waals surface area contributed by atoms with Gasteiger partial charge in [0.2, 0.25) is 5.91 Å². The maximum Gasteiger partial charge on any atom is 0.243 e. The van der Waals surface area contributed by atoms with Crippen molar-refractivity contribution in [1.82, 2.24) is 0 Å². The van der Waals surface area contributed by atoms with Crippen molar-refractivity contribution >= 4 is 56.4 Å². The van der Waals surface area contributed by atoms with E-state index in [0.29, 0.717) is 15.7 Å². The standard InChI is InChI=1S/C15H13BrCl2N2O/c1-9-6-10(16)14(7-12(9)18)19-8-15(21)20-13-5-3-2-4-11(13)17/h2-7,19H,8H2,1H3,(H,20,21). The number of anilines is 2. The number of rotatable bonds is 4. The summed E-state index contributed by atoms with van der Waals surface area (Å²) in [5.41, 5.74) is 2.32. The predicted molar refractivity (Wildman–Crippen MR) is 92.5 cm³/mol. The molecule has 0 aliphatic heterocycles. The first kappa shape index (κ1) is 16.1. The highest BCUT2D eigenvalue weighted by Crippen LogP contribution is 2.29. The second-order valence-corrected chi connectivity index (χ2v) is 6.13. The fraction of sp³-hybridized carbons (Fsp3) is 0.133. The molecule has 0 atom stereocenters. The van der Waals surface area contributed by atoms with Crippen molar-refractivity contribution in [3.8, 4) is 0 Å². The number of para-hydroxylation sites is 1. The Kier molecular flexibility index (Phi) is 5.51. The van der Waals surface area contributed by atoms with Crippen LogP contribution >= 0.6 is 39.1 Å². The molecule has 0 aromatic heterocycles. The van der Waals surface area contributed by atoms with Gasteiger partial charge in [-0.15, -0.1) is 0 Å². The van der Waals surface area contributed by atoms with Crippen molar-refractivity contribution in [2.75, 3.05) is 17.2 Å². The number of carbonyl (C=O) groups excluding carboxylic acids is 1. The van der Waals surface area contributed by atoms with Gasteiger partial charge in [-0.1, -0.05) is 35.3 Å². The Labute approximate surface area is 141 Å². The van der Waals surface area contributed by atoms with Gasteiger partial charge in [0.15, 0.2) is 0 Å². The third-order valence-corrected chi connectivity index (χ3v) is 4.23. The molecule has 21 heavy (non-hydrogen) atoms. The summed E-state index contributed by atoms with van der Waals surface area (Å²) in [6.45, 7) is 2.03. The lowest BCUT2D eigenvalue weighted by atomic mass is 10.2. The Morgan fingerprint density at radius 1 is 1.14 bits per heavy atom. The minimum absolute atomic E-state index is 0.114. The zero-order valence-electron chi connectivity index (χ0n) is 11.2. The first-order chi connectivity index (χ1) is 9.97. The summed E-state index contributed by atoms with van der Waals surface area (Å²) in [5.74, 6) is -0.188. The molecular formula is C15H13BrCl2N2O. The molecular weight excluding hydrogens is 375 g/mol. The largest absolute Gasteiger partial charge is 0.375 e. The van der Waals surface area contributed by atoms with Crippen LogP contribution in [0.3, 0.4) is 0 Å². The van der Waals surface area contributed by atoms with Gasteiger partial charge in [-0.05, 0) is 52.7 Å². The van der Waals surface area contributed by atoms with E-state index >= 15 is 0 Å². The first-order valence-electron chi connectivity index (χ1n) is 6.21. The summed E-state index contributed by atoms with van der Waals surface area (Å²) >= 11 is 15.5. The van der Waals surface area contributed by atoms with Gasteiger partial charge in [-0.3, -0.25) is 4.79 Å². The van der Waals surface area contributed by atoms with Gasteiger partial charge in [0, 0.05) is 9.50 Å². The molecule has 0 spiro atoms. The summed E-state index contributed by atoms with van der Waals surface area (Å²) in [6, 6.07) is 10.8. The van der Waals surface area contributed by atoms with Crippen LogP contribution in [0.25, 0.3) is 0 Å². The molecule has 2 aromatic carbocycles. The van der Waals surface area contributed by atoms with Crippen molar-refractivity contribution in [3.63, 3.8) is 0 Å². The zero-order chi connectivity index (χ0) is 15.4. The van der Waals surface area contributed by atoms with Crippen LogP contribution < -0.4 is 10.6 Å². The Balaban J connectivity index is 1.99. The van der Waals surface area contributed by atoms with E-state index in [0.717, 1.165) is 15.7 Å². The highest BCUT2D eigenvalue weighted by molar-refractivity contribution is 9.10. The molecule has 0 bridgehead atoms. The second kappa shape index (κ2) is 7.16. The third-order valence-electron chi connectivity index (χ3n) is 2.84. The lowest BCUT2D eigenvalue weighted by Gasteiger charge is -2.11. The fourth-order valence-electron chi connectivity index (χ4n) is 1.71. The summed E-state index contributed by atoms with van der Waals surface area (Å²) < 4.78 is 0.856. The first-order valence-corrected chi connectivity index (χ1v) is 7.76. The lowest BCUT2D eigenvalue weighted by Crippen LogP contribution is -2.22. The van der Waals surface area contributed by atoms with Gasteiger partial charge in [-0.2, -0.15) is 0 Å². The maximum atomic E-state index is 11.9. The van der Waals surface area contributed by atoms with Crippen LogP contribution in [-0.4, -0.2) is 12.5 Å². The predicted octanol–water partition coefficient (Wildman–Crippen LogP) is 5.11. The zero-order valence-corrected chi connectivity index (χ0v) is 14.3.